The number of aryl methyl sites for hydroxylation is 1. The largest absolute Gasteiger partial charge is 0.339 e. The first-order valence-electron chi connectivity index (χ1n) is 7.55. The van der Waals surface area contributed by atoms with Crippen LogP contribution < -0.4 is 0 Å². The molecular formula is C16H21N3O2. The SMILES string of the molecule is Cc1noc2ncc(C(=O)N(C)[C@@H]3CCC[C@@H](C)C3)cc12. The fraction of sp³-hybridized carbons (Fsp3) is 0.562. The molecule has 2 atom stereocenters. The number of pyridine rings is 1. The highest BCUT2D eigenvalue weighted by Crippen LogP contribution is 2.27. The van der Waals surface area contributed by atoms with Crippen molar-refractivity contribution in [1.29, 1.82) is 0 Å². The first-order valence-corrected chi connectivity index (χ1v) is 7.55. The molecule has 0 radical (unpaired) electrons. The van der Waals surface area contributed by atoms with Crippen molar-refractivity contribution in [2.45, 2.75) is 45.6 Å². The van der Waals surface area contributed by atoms with Crippen LogP contribution in [0.1, 0.15) is 48.7 Å². The van der Waals surface area contributed by atoms with Gasteiger partial charge >= 0.3 is 0 Å². The van der Waals surface area contributed by atoms with Crippen molar-refractivity contribution in [2.24, 2.45) is 5.92 Å². The first kappa shape index (κ1) is 14.0. The van der Waals surface area contributed by atoms with Crippen molar-refractivity contribution in [3.63, 3.8) is 0 Å². The standard InChI is InChI=1S/C16H21N3O2/c1-10-5-4-6-13(7-10)19(3)16(20)12-8-14-11(2)18-21-15(14)17-9-12/h8-10,13H,4-7H2,1-3H3/t10-,13-/m1/s1. The van der Waals surface area contributed by atoms with Crippen LogP contribution in [0.3, 0.4) is 0 Å². The summed E-state index contributed by atoms with van der Waals surface area (Å²) in [6.45, 7) is 4.12. The van der Waals surface area contributed by atoms with Crippen molar-refractivity contribution in [2.75, 3.05) is 7.05 Å². The summed E-state index contributed by atoms with van der Waals surface area (Å²) in [4.78, 5) is 18.7. The predicted molar refractivity (Wildman–Crippen MR) is 80.1 cm³/mol. The molecule has 21 heavy (non-hydrogen) atoms. The van der Waals surface area contributed by atoms with E-state index in [0.29, 0.717) is 23.2 Å². The summed E-state index contributed by atoms with van der Waals surface area (Å²) in [5.41, 5.74) is 1.86. The number of carbonyl (C=O) groups is 1. The van der Waals surface area contributed by atoms with E-state index < -0.39 is 0 Å². The number of fused-ring (bicyclic) bond motifs is 1. The van der Waals surface area contributed by atoms with Crippen molar-refractivity contribution in [1.82, 2.24) is 15.0 Å². The highest BCUT2D eigenvalue weighted by molar-refractivity contribution is 5.97. The van der Waals surface area contributed by atoms with Gasteiger partial charge in [-0.3, -0.25) is 4.79 Å². The maximum atomic E-state index is 12.7. The van der Waals surface area contributed by atoms with E-state index >= 15 is 0 Å². The van der Waals surface area contributed by atoms with Gasteiger partial charge in [0.25, 0.3) is 11.6 Å². The summed E-state index contributed by atoms with van der Waals surface area (Å²) in [5.74, 6) is 0.726. The van der Waals surface area contributed by atoms with Crippen molar-refractivity contribution < 1.29 is 9.32 Å². The topological polar surface area (TPSA) is 59.2 Å². The Balaban J connectivity index is 1.83. The van der Waals surface area contributed by atoms with Crippen molar-refractivity contribution in [3.8, 4) is 0 Å². The normalized spacial score (nSPS) is 22.4. The van der Waals surface area contributed by atoms with Crippen LogP contribution in [0.15, 0.2) is 16.8 Å². The van der Waals surface area contributed by atoms with E-state index in [4.69, 9.17) is 4.52 Å². The molecule has 1 saturated carbocycles. The van der Waals surface area contributed by atoms with Gasteiger partial charge in [-0.1, -0.05) is 24.9 Å². The van der Waals surface area contributed by atoms with Crippen LogP contribution in [-0.2, 0) is 0 Å². The molecule has 0 aromatic carbocycles. The summed E-state index contributed by atoms with van der Waals surface area (Å²) in [5, 5.41) is 4.69. The molecule has 0 N–H and O–H groups in total. The molecule has 5 heteroatoms. The smallest absolute Gasteiger partial charge is 0.257 e. The molecule has 112 valence electrons. The molecule has 2 aromatic rings. The average molecular weight is 287 g/mol. The van der Waals surface area contributed by atoms with Gasteiger partial charge in [0, 0.05) is 19.3 Å². The lowest BCUT2D eigenvalue weighted by molar-refractivity contribution is 0.0672. The van der Waals surface area contributed by atoms with E-state index in [1.807, 2.05) is 24.9 Å². The quantitative estimate of drug-likeness (QED) is 0.851. The second-order valence-electron chi connectivity index (χ2n) is 6.19. The highest BCUT2D eigenvalue weighted by Gasteiger charge is 2.26. The van der Waals surface area contributed by atoms with Crippen LogP contribution in [0.4, 0.5) is 0 Å². The lowest BCUT2D eigenvalue weighted by Crippen LogP contribution is -2.39. The Morgan fingerprint density at radius 1 is 1.43 bits per heavy atom. The average Bonchev–Trinajstić information content (AvgIpc) is 2.87. The minimum Gasteiger partial charge on any atom is -0.339 e. The van der Waals surface area contributed by atoms with Gasteiger partial charge in [0.05, 0.1) is 16.6 Å². The summed E-state index contributed by atoms with van der Waals surface area (Å²) in [6.07, 6.45) is 6.23. The van der Waals surface area contributed by atoms with Gasteiger partial charge in [0.15, 0.2) is 0 Å². The number of carbonyl (C=O) groups excluding carboxylic acids is 1. The second kappa shape index (κ2) is 5.47. The molecule has 1 aliphatic carbocycles. The summed E-state index contributed by atoms with van der Waals surface area (Å²) in [7, 11) is 1.90. The van der Waals surface area contributed by atoms with Crippen LogP contribution in [-0.4, -0.2) is 34.0 Å². The highest BCUT2D eigenvalue weighted by atomic mass is 16.5. The molecule has 0 unspecified atom stereocenters. The Morgan fingerprint density at radius 2 is 2.24 bits per heavy atom. The minimum atomic E-state index is 0.0316. The zero-order chi connectivity index (χ0) is 15.0. The molecular weight excluding hydrogens is 266 g/mol. The van der Waals surface area contributed by atoms with E-state index in [1.54, 1.807) is 6.20 Å². The molecule has 1 aliphatic rings. The van der Waals surface area contributed by atoms with Crippen LogP contribution in [0.25, 0.3) is 11.1 Å². The number of hydrogen-bond acceptors (Lipinski definition) is 4. The first-order chi connectivity index (χ1) is 10.1. The molecule has 2 heterocycles. The maximum absolute atomic E-state index is 12.7. The molecule has 0 bridgehead atoms. The Hall–Kier alpha value is -1.91. The molecule has 1 fully saturated rings. The summed E-state index contributed by atoms with van der Waals surface area (Å²) >= 11 is 0. The minimum absolute atomic E-state index is 0.0316. The van der Waals surface area contributed by atoms with Gasteiger partial charge in [-0.15, -0.1) is 0 Å². The van der Waals surface area contributed by atoms with Gasteiger partial charge in [0.2, 0.25) is 0 Å². The van der Waals surface area contributed by atoms with E-state index in [-0.39, 0.29) is 5.91 Å². The Labute approximate surface area is 124 Å². The number of aromatic nitrogens is 2. The van der Waals surface area contributed by atoms with E-state index in [9.17, 15) is 4.79 Å². The number of rotatable bonds is 2. The second-order valence-corrected chi connectivity index (χ2v) is 6.19. The summed E-state index contributed by atoms with van der Waals surface area (Å²) < 4.78 is 5.09. The molecule has 2 aromatic heterocycles. The van der Waals surface area contributed by atoms with E-state index in [1.165, 1.54) is 12.8 Å². The third-order valence-corrected chi connectivity index (χ3v) is 4.53. The lowest BCUT2D eigenvalue weighted by atomic mass is 9.86. The molecule has 0 saturated heterocycles. The van der Waals surface area contributed by atoms with Crippen LogP contribution in [0.5, 0.6) is 0 Å². The third kappa shape index (κ3) is 2.64. The number of hydrogen-bond donors (Lipinski definition) is 0. The summed E-state index contributed by atoms with van der Waals surface area (Å²) in [6, 6.07) is 2.17. The molecule has 5 nitrogen and oxygen atoms in total. The Bertz CT molecular complexity index is 665. The Morgan fingerprint density at radius 3 is 3.00 bits per heavy atom. The zero-order valence-electron chi connectivity index (χ0n) is 12.8. The fourth-order valence-corrected chi connectivity index (χ4v) is 3.19. The van der Waals surface area contributed by atoms with Gasteiger partial charge in [-0.2, -0.15) is 0 Å². The Kier molecular flexibility index (Phi) is 3.66. The molecule has 3 rings (SSSR count). The van der Waals surface area contributed by atoms with E-state index in [0.717, 1.165) is 23.9 Å². The van der Waals surface area contributed by atoms with Crippen LogP contribution >= 0.6 is 0 Å². The number of nitrogens with zero attached hydrogens (tertiary/aromatic N) is 3. The maximum Gasteiger partial charge on any atom is 0.257 e. The molecule has 0 aliphatic heterocycles. The molecule has 0 spiro atoms. The van der Waals surface area contributed by atoms with E-state index in [2.05, 4.69) is 17.1 Å². The fourth-order valence-electron chi connectivity index (χ4n) is 3.19. The van der Waals surface area contributed by atoms with Crippen LogP contribution in [0, 0.1) is 12.8 Å². The third-order valence-electron chi connectivity index (χ3n) is 4.53. The monoisotopic (exact) mass is 287 g/mol. The zero-order valence-corrected chi connectivity index (χ0v) is 12.8. The number of amides is 1. The van der Waals surface area contributed by atoms with Gasteiger partial charge in [0.1, 0.15) is 0 Å². The van der Waals surface area contributed by atoms with Crippen molar-refractivity contribution >= 4 is 17.0 Å². The van der Waals surface area contributed by atoms with Gasteiger partial charge in [-0.05, 0) is 31.7 Å². The van der Waals surface area contributed by atoms with Gasteiger partial charge in [-0.25, -0.2) is 4.98 Å². The predicted octanol–water partition coefficient (Wildman–Crippen LogP) is 3.18. The van der Waals surface area contributed by atoms with Gasteiger partial charge < -0.3 is 9.42 Å². The molecule has 1 amide bonds. The lowest BCUT2D eigenvalue weighted by Gasteiger charge is -2.34. The van der Waals surface area contributed by atoms with Crippen molar-refractivity contribution in [3.05, 3.63) is 23.5 Å². The van der Waals surface area contributed by atoms with Crippen LogP contribution in [0.2, 0.25) is 0 Å².